The maximum atomic E-state index is 6.20. The first-order valence-electron chi connectivity index (χ1n) is 18.4. The van der Waals surface area contributed by atoms with E-state index in [1.54, 1.807) is 0 Å². The summed E-state index contributed by atoms with van der Waals surface area (Å²) < 4.78 is 6.20. The van der Waals surface area contributed by atoms with E-state index in [0.717, 1.165) is 55.4 Å². The number of hydrogen-bond acceptors (Lipinski definition) is 3. The molecule has 54 heavy (non-hydrogen) atoms. The second kappa shape index (κ2) is 12.0. The van der Waals surface area contributed by atoms with Gasteiger partial charge in [-0.15, -0.1) is 0 Å². The number of para-hydroxylation sites is 1. The van der Waals surface area contributed by atoms with Crippen molar-refractivity contribution in [3.05, 3.63) is 216 Å². The molecule has 10 aromatic rings. The standard InChI is InChI=1S/C51H32N2O/c1-3-15-38(16-4-1)51(39-17-5-2-6-18-39)44-21-11-9-19-40(44)41-27-25-36(31-45(41)51)47-32-46(35-26-28-49-43(30-35)42-20-10-12-22-48(42)54-49)52-50(53-47)37-24-23-33-13-7-8-14-34(33)29-37/h1-32H. The fourth-order valence-electron chi connectivity index (χ4n) is 8.69. The van der Waals surface area contributed by atoms with Gasteiger partial charge in [0.15, 0.2) is 5.82 Å². The smallest absolute Gasteiger partial charge is 0.160 e. The maximum Gasteiger partial charge on any atom is 0.160 e. The van der Waals surface area contributed by atoms with Gasteiger partial charge in [0, 0.05) is 27.5 Å². The van der Waals surface area contributed by atoms with E-state index in [-0.39, 0.29) is 0 Å². The Kier molecular flexibility index (Phi) is 6.77. The lowest BCUT2D eigenvalue weighted by atomic mass is 9.67. The normalized spacial score (nSPS) is 13.0. The summed E-state index contributed by atoms with van der Waals surface area (Å²) in [6.07, 6.45) is 0. The number of furan rings is 1. The van der Waals surface area contributed by atoms with Crippen molar-refractivity contribution in [3.63, 3.8) is 0 Å². The lowest BCUT2D eigenvalue weighted by Crippen LogP contribution is -2.28. The van der Waals surface area contributed by atoms with Crippen molar-refractivity contribution in [2.75, 3.05) is 0 Å². The average Bonchev–Trinajstić information content (AvgIpc) is 3.77. The van der Waals surface area contributed by atoms with Crippen molar-refractivity contribution in [1.29, 1.82) is 0 Å². The Labute approximate surface area is 312 Å². The van der Waals surface area contributed by atoms with E-state index in [0.29, 0.717) is 5.82 Å². The summed E-state index contributed by atoms with van der Waals surface area (Å²) in [6, 6.07) is 69.3. The molecular formula is C51H32N2O. The van der Waals surface area contributed by atoms with E-state index in [4.69, 9.17) is 14.4 Å². The number of rotatable bonds is 5. The van der Waals surface area contributed by atoms with E-state index < -0.39 is 5.41 Å². The van der Waals surface area contributed by atoms with Crippen LogP contribution in [-0.4, -0.2) is 9.97 Å². The molecule has 252 valence electrons. The summed E-state index contributed by atoms with van der Waals surface area (Å²) in [7, 11) is 0. The van der Waals surface area contributed by atoms with Crippen LogP contribution in [0, 0.1) is 0 Å². The number of hydrogen-bond donors (Lipinski definition) is 0. The minimum Gasteiger partial charge on any atom is -0.456 e. The van der Waals surface area contributed by atoms with Crippen molar-refractivity contribution in [1.82, 2.24) is 9.97 Å². The van der Waals surface area contributed by atoms with Crippen molar-refractivity contribution < 1.29 is 4.42 Å². The zero-order valence-corrected chi connectivity index (χ0v) is 29.3. The van der Waals surface area contributed by atoms with Gasteiger partial charge in [0.1, 0.15) is 11.2 Å². The van der Waals surface area contributed by atoms with Crippen LogP contribution in [0.2, 0.25) is 0 Å². The zero-order valence-electron chi connectivity index (χ0n) is 29.3. The van der Waals surface area contributed by atoms with Crippen LogP contribution in [-0.2, 0) is 5.41 Å². The van der Waals surface area contributed by atoms with Crippen molar-refractivity contribution in [2.45, 2.75) is 5.41 Å². The molecule has 0 bridgehead atoms. The van der Waals surface area contributed by atoms with Gasteiger partial charge < -0.3 is 4.42 Å². The predicted molar refractivity (Wildman–Crippen MR) is 220 cm³/mol. The molecule has 2 aromatic heterocycles. The fourth-order valence-corrected chi connectivity index (χ4v) is 8.69. The molecule has 0 spiro atoms. The predicted octanol–water partition coefficient (Wildman–Crippen LogP) is 12.9. The molecule has 0 fully saturated rings. The number of aromatic nitrogens is 2. The van der Waals surface area contributed by atoms with Gasteiger partial charge in [-0.3, -0.25) is 0 Å². The Hall–Kier alpha value is -7.10. The van der Waals surface area contributed by atoms with Crippen LogP contribution in [0.5, 0.6) is 0 Å². The highest BCUT2D eigenvalue weighted by Crippen LogP contribution is 2.56. The first-order chi connectivity index (χ1) is 26.7. The van der Waals surface area contributed by atoms with Gasteiger partial charge in [-0.25, -0.2) is 9.97 Å². The molecule has 3 nitrogen and oxygen atoms in total. The van der Waals surface area contributed by atoms with Crippen LogP contribution in [0.3, 0.4) is 0 Å². The van der Waals surface area contributed by atoms with Gasteiger partial charge in [0.05, 0.1) is 16.8 Å². The van der Waals surface area contributed by atoms with Crippen LogP contribution >= 0.6 is 0 Å². The van der Waals surface area contributed by atoms with E-state index in [1.165, 1.54) is 38.8 Å². The van der Waals surface area contributed by atoms with Crippen molar-refractivity contribution in [2.24, 2.45) is 0 Å². The molecule has 0 unspecified atom stereocenters. The minimum atomic E-state index is -0.505. The molecule has 0 radical (unpaired) electrons. The van der Waals surface area contributed by atoms with E-state index in [9.17, 15) is 0 Å². The molecule has 3 heteroatoms. The highest BCUT2D eigenvalue weighted by molar-refractivity contribution is 6.06. The summed E-state index contributed by atoms with van der Waals surface area (Å²) in [5, 5.41) is 4.50. The Bertz CT molecular complexity index is 3010. The van der Waals surface area contributed by atoms with Crippen molar-refractivity contribution >= 4 is 32.7 Å². The SMILES string of the molecule is c1ccc(C2(c3ccccc3)c3ccccc3-c3ccc(-c4cc(-c5ccc6oc7ccccc7c6c5)nc(-c5ccc6ccccc6c5)n4)cc32)cc1. The van der Waals surface area contributed by atoms with Crippen LogP contribution in [0.4, 0.5) is 0 Å². The minimum absolute atomic E-state index is 0.505. The molecule has 0 saturated heterocycles. The van der Waals surface area contributed by atoms with Gasteiger partial charge >= 0.3 is 0 Å². The lowest BCUT2D eigenvalue weighted by molar-refractivity contribution is 0.669. The largest absolute Gasteiger partial charge is 0.456 e. The monoisotopic (exact) mass is 688 g/mol. The third-order valence-corrected chi connectivity index (χ3v) is 11.2. The van der Waals surface area contributed by atoms with Gasteiger partial charge in [0.25, 0.3) is 0 Å². The lowest BCUT2D eigenvalue weighted by Gasteiger charge is -2.34. The zero-order chi connectivity index (χ0) is 35.6. The molecule has 8 aromatic carbocycles. The molecule has 0 amide bonds. The molecular weight excluding hydrogens is 657 g/mol. The first-order valence-corrected chi connectivity index (χ1v) is 18.4. The molecule has 1 aliphatic rings. The van der Waals surface area contributed by atoms with Gasteiger partial charge in [-0.05, 0) is 86.6 Å². The average molecular weight is 689 g/mol. The molecule has 0 saturated carbocycles. The van der Waals surface area contributed by atoms with Crippen LogP contribution in [0.25, 0.3) is 77.7 Å². The van der Waals surface area contributed by atoms with Crippen molar-refractivity contribution in [3.8, 4) is 45.0 Å². The molecule has 1 aliphatic carbocycles. The highest BCUT2D eigenvalue weighted by atomic mass is 16.3. The molecule has 0 N–H and O–H groups in total. The number of nitrogens with zero attached hydrogens (tertiary/aromatic N) is 2. The number of fused-ring (bicyclic) bond motifs is 7. The molecule has 0 aliphatic heterocycles. The Morgan fingerprint density at radius 1 is 0.370 bits per heavy atom. The summed E-state index contributed by atoms with van der Waals surface area (Å²) in [4.78, 5) is 10.6. The van der Waals surface area contributed by atoms with Gasteiger partial charge in [0.2, 0.25) is 0 Å². The fraction of sp³-hybridized carbons (Fsp3) is 0.0196. The summed E-state index contributed by atoms with van der Waals surface area (Å²) >= 11 is 0. The third-order valence-electron chi connectivity index (χ3n) is 11.2. The Balaban J connectivity index is 1.16. The Morgan fingerprint density at radius 2 is 0.963 bits per heavy atom. The highest BCUT2D eigenvalue weighted by Gasteiger charge is 2.46. The van der Waals surface area contributed by atoms with E-state index in [1.807, 2.05) is 12.1 Å². The quantitative estimate of drug-likeness (QED) is 0.181. The van der Waals surface area contributed by atoms with Gasteiger partial charge in [-0.2, -0.15) is 0 Å². The van der Waals surface area contributed by atoms with Crippen LogP contribution in [0.1, 0.15) is 22.3 Å². The van der Waals surface area contributed by atoms with Crippen LogP contribution < -0.4 is 0 Å². The first kappa shape index (κ1) is 30.5. The second-order valence-electron chi connectivity index (χ2n) is 14.1. The third kappa shape index (κ3) is 4.62. The second-order valence-corrected chi connectivity index (χ2v) is 14.1. The summed E-state index contributed by atoms with van der Waals surface area (Å²) in [6.45, 7) is 0. The van der Waals surface area contributed by atoms with E-state index in [2.05, 4.69) is 182 Å². The Morgan fingerprint density at radius 3 is 1.76 bits per heavy atom. The van der Waals surface area contributed by atoms with Gasteiger partial charge in [-0.1, -0.05) is 152 Å². The maximum absolute atomic E-state index is 6.20. The molecule has 0 atom stereocenters. The summed E-state index contributed by atoms with van der Waals surface area (Å²) in [5.74, 6) is 0.687. The van der Waals surface area contributed by atoms with Crippen LogP contribution in [0.15, 0.2) is 199 Å². The number of benzene rings is 8. The van der Waals surface area contributed by atoms with E-state index >= 15 is 0 Å². The molecule has 11 rings (SSSR count). The topological polar surface area (TPSA) is 38.9 Å². The molecule has 2 heterocycles. The summed E-state index contributed by atoms with van der Waals surface area (Å²) in [5.41, 5.74) is 13.5.